The molecule has 2 aliphatic rings. The number of hydrogen-bond donors (Lipinski definition) is 1. The number of nitrogens with two attached hydrogens (primary N) is 1. The van der Waals surface area contributed by atoms with Gasteiger partial charge < -0.3 is 15.2 Å². The second-order valence-corrected chi connectivity index (χ2v) is 6.26. The molecule has 1 saturated carbocycles. The third kappa shape index (κ3) is 1.95. The first-order chi connectivity index (χ1) is 10.1. The summed E-state index contributed by atoms with van der Waals surface area (Å²) in [5.74, 6) is 2.30. The van der Waals surface area contributed by atoms with E-state index < -0.39 is 0 Å². The van der Waals surface area contributed by atoms with Gasteiger partial charge in [-0.15, -0.1) is 0 Å². The molecule has 2 aromatic rings. The van der Waals surface area contributed by atoms with Gasteiger partial charge in [-0.2, -0.15) is 5.10 Å². The maximum absolute atomic E-state index is 6.09. The molecule has 1 fully saturated rings. The molecule has 1 spiro atoms. The molecule has 0 radical (unpaired) electrons. The van der Waals surface area contributed by atoms with Crippen LogP contribution in [0.2, 0.25) is 0 Å². The molecule has 0 amide bonds. The molecule has 4 rings (SSSR count). The summed E-state index contributed by atoms with van der Waals surface area (Å²) >= 11 is 0. The van der Waals surface area contributed by atoms with Crippen LogP contribution in [0.15, 0.2) is 18.3 Å². The van der Waals surface area contributed by atoms with E-state index >= 15 is 0 Å². The van der Waals surface area contributed by atoms with Crippen LogP contribution in [0, 0.1) is 12.3 Å². The third-order valence-electron chi connectivity index (χ3n) is 4.59. The van der Waals surface area contributed by atoms with E-state index in [9.17, 15) is 0 Å². The summed E-state index contributed by atoms with van der Waals surface area (Å²) in [5, 5.41) is 4.22. The minimum Gasteiger partial charge on any atom is -0.489 e. The highest BCUT2D eigenvalue weighted by Crippen LogP contribution is 2.49. The first kappa shape index (κ1) is 12.6. The largest absolute Gasteiger partial charge is 0.489 e. The van der Waals surface area contributed by atoms with Crippen LogP contribution in [0.4, 0.5) is 5.82 Å². The molecule has 5 heteroatoms. The second kappa shape index (κ2) is 4.16. The molecule has 0 unspecified atom stereocenters. The fourth-order valence-corrected chi connectivity index (χ4v) is 2.80. The number of rotatable bonds is 1. The third-order valence-corrected chi connectivity index (χ3v) is 4.59. The zero-order valence-electron chi connectivity index (χ0n) is 12.3. The Balaban J connectivity index is 1.77. The second-order valence-electron chi connectivity index (χ2n) is 6.26. The van der Waals surface area contributed by atoms with Crippen molar-refractivity contribution in [2.24, 2.45) is 12.5 Å². The first-order valence-electron chi connectivity index (χ1n) is 7.26. The van der Waals surface area contributed by atoms with Gasteiger partial charge in [0.2, 0.25) is 0 Å². The Kier molecular flexibility index (Phi) is 2.49. The Morgan fingerprint density at radius 1 is 1.14 bits per heavy atom. The maximum atomic E-state index is 6.09. The van der Waals surface area contributed by atoms with E-state index in [-0.39, 0.29) is 5.41 Å². The fourth-order valence-electron chi connectivity index (χ4n) is 2.80. The van der Waals surface area contributed by atoms with Crippen molar-refractivity contribution < 1.29 is 9.47 Å². The number of fused-ring (bicyclic) bond motifs is 1. The monoisotopic (exact) mass is 285 g/mol. The van der Waals surface area contributed by atoms with Gasteiger partial charge >= 0.3 is 0 Å². The Morgan fingerprint density at radius 2 is 1.81 bits per heavy atom. The summed E-state index contributed by atoms with van der Waals surface area (Å²) in [6.45, 7) is 3.56. The van der Waals surface area contributed by atoms with Gasteiger partial charge in [0, 0.05) is 18.0 Å². The average Bonchev–Trinajstić information content (AvgIpc) is 3.21. The topological polar surface area (TPSA) is 62.3 Å². The van der Waals surface area contributed by atoms with Crippen molar-refractivity contribution in [1.29, 1.82) is 0 Å². The van der Waals surface area contributed by atoms with Crippen molar-refractivity contribution in [2.45, 2.75) is 19.8 Å². The van der Waals surface area contributed by atoms with Crippen LogP contribution in [0.1, 0.15) is 18.4 Å². The van der Waals surface area contributed by atoms with E-state index in [1.165, 1.54) is 12.8 Å². The number of aromatic nitrogens is 2. The molecule has 110 valence electrons. The molecule has 1 aliphatic heterocycles. The van der Waals surface area contributed by atoms with Gasteiger partial charge in [-0.25, -0.2) is 0 Å². The average molecular weight is 285 g/mol. The Labute approximate surface area is 123 Å². The molecule has 0 atom stereocenters. The van der Waals surface area contributed by atoms with Crippen molar-refractivity contribution in [3.05, 3.63) is 23.9 Å². The van der Waals surface area contributed by atoms with Crippen molar-refractivity contribution >= 4 is 5.82 Å². The molecule has 21 heavy (non-hydrogen) atoms. The molecule has 0 bridgehead atoms. The lowest BCUT2D eigenvalue weighted by Crippen LogP contribution is -2.17. The lowest BCUT2D eigenvalue weighted by molar-refractivity contribution is 0.197. The van der Waals surface area contributed by atoms with Crippen LogP contribution < -0.4 is 15.2 Å². The predicted molar refractivity (Wildman–Crippen MR) is 80.5 cm³/mol. The molecule has 1 aromatic carbocycles. The zero-order chi connectivity index (χ0) is 14.6. The Morgan fingerprint density at radius 3 is 2.38 bits per heavy atom. The molecule has 1 aromatic heterocycles. The summed E-state index contributed by atoms with van der Waals surface area (Å²) in [7, 11) is 1.84. The van der Waals surface area contributed by atoms with E-state index in [4.69, 9.17) is 15.2 Å². The van der Waals surface area contributed by atoms with Gasteiger partial charge in [0.05, 0.1) is 19.4 Å². The molecule has 5 nitrogen and oxygen atoms in total. The van der Waals surface area contributed by atoms with E-state index in [1.807, 2.05) is 19.2 Å². The molecular weight excluding hydrogens is 266 g/mol. The minimum absolute atomic E-state index is 0.250. The van der Waals surface area contributed by atoms with Crippen molar-refractivity contribution in [3.8, 4) is 22.6 Å². The molecule has 1 aliphatic carbocycles. The van der Waals surface area contributed by atoms with Crippen LogP contribution in [-0.4, -0.2) is 23.0 Å². The summed E-state index contributed by atoms with van der Waals surface area (Å²) in [5.41, 5.74) is 9.44. The number of ether oxygens (including phenoxy) is 2. The number of hydrogen-bond acceptors (Lipinski definition) is 4. The van der Waals surface area contributed by atoms with E-state index in [1.54, 1.807) is 10.9 Å². The Hall–Kier alpha value is -2.17. The highest BCUT2D eigenvalue weighted by atomic mass is 16.5. The molecule has 2 heterocycles. The van der Waals surface area contributed by atoms with Crippen molar-refractivity contribution in [2.75, 3.05) is 18.9 Å². The van der Waals surface area contributed by atoms with Gasteiger partial charge in [0.1, 0.15) is 5.82 Å². The Bertz CT molecular complexity index is 717. The van der Waals surface area contributed by atoms with E-state index in [0.29, 0.717) is 5.82 Å². The standard InChI is InChI=1S/C16H19N3O2/c1-10-5-13-14(21-9-16(3-4-16)8-20-13)6-11(10)12-7-18-19(2)15(12)17/h5-7H,3-4,8-9,17H2,1-2H3. The molecular formula is C16H19N3O2. The van der Waals surface area contributed by atoms with Crippen LogP contribution in [0.5, 0.6) is 11.5 Å². The van der Waals surface area contributed by atoms with Crippen LogP contribution >= 0.6 is 0 Å². The summed E-state index contributed by atoms with van der Waals surface area (Å²) in [6.07, 6.45) is 4.19. The lowest BCUT2D eigenvalue weighted by atomic mass is 10.0. The van der Waals surface area contributed by atoms with Gasteiger partial charge in [0.25, 0.3) is 0 Å². The molecule has 2 N–H and O–H groups in total. The smallest absolute Gasteiger partial charge is 0.161 e. The van der Waals surface area contributed by atoms with Gasteiger partial charge in [-0.3, -0.25) is 4.68 Å². The maximum Gasteiger partial charge on any atom is 0.161 e. The normalized spacial score (nSPS) is 18.6. The van der Waals surface area contributed by atoms with Crippen molar-refractivity contribution in [1.82, 2.24) is 9.78 Å². The fraction of sp³-hybridized carbons (Fsp3) is 0.438. The number of aryl methyl sites for hydroxylation is 2. The lowest BCUT2D eigenvalue weighted by Gasteiger charge is -2.12. The predicted octanol–water partition coefficient (Wildman–Crippen LogP) is 2.53. The zero-order valence-corrected chi connectivity index (χ0v) is 12.3. The van der Waals surface area contributed by atoms with Crippen LogP contribution in [0.25, 0.3) is 11.1 Å². The first-order valence-corrected chi connectivity index (χ1v) is 7.26. The number of nitrogen functional groups attached to an aromatic ring is 1. The minimum atomic E-state index is 0.250. The van der Waals surface area contributed by atoms with E-state index in [2.05, 4.69) is 12.0 Å². The van der Waals surface area contributed by atoms with Crippen LogP contribution in [-0.2, 0) is 7.05 Å². The van der Waals surface area contributed by atoms with Gasteiger partial charge in [-0.1, -0.05) is 0 Å². The summed E-state index contributed by atoms with van der Waals surface area (Å²) in [6, 6.07) is 4.07. The van der Waals surface area contributed by atoms with Gasteiger partial charge in [-0.05, 0) is 43.0 Å². The quantitative estimate of drug-likeness (QED) is 0.874. The SMILES string of the molecule is Cc1cc2c(cc1-c1cnn(C)c1N)OCC1(CC1)CO2. The molecule has 0 saturated heterocycles. The highest BCUT2D eigenvalue weighted by Gasteiger charge is 2.46. The number of nitrogens with zero attached hydrogens (tertiary/aromatic N) is 2. The number of anilines is 1. The van der Waals surface area contributed by atoms with Crippen LogP contribution in [0.3, 0.4) is 0 Å². The number of benzene rings is 1. The summed E-state index contributed by atoms with van der Waals surface area (Å²) in [4.78, 5) is 0. The van der Waals surface area contributed by atoms with Gasteiger partial charge in [0.15, 0.2) is 11.5 Å². The van der Waals surface area contributed by atoms with E-state index in [0.717, 1.165) is 41.4 Å². The highest BCUT2D eigenvalue weighted by molar-refractivity contribution is 5.78. The summed E-state index contributed by atoms with van der Waals surface area (Å²) < 4.78 is 13.6. The van der Waals surface area contributed by atoms with Crippen molar-refractivity contribution in [3.63, 3.8) is 0 Å².